The van der Waals surface area contributed by atoms with E-state index in [1.807, 2.05) is 11.4 Å². The Morgan fingerprint density at radius 1 is 1.33 bits per heavy atom. The second-order valence-electron chi connectivity index (χ2n) is 5.89. The molecule has 1 aromatic heterocycles. The molecule has 2 N–H and O–H groups in total. The van der Waals surface area contributed by atoms with E-state index in [0.717, 1.165) is 37.7 Å². The lowest BCUT2D eigenvalue weighted by Crippen LogP contribution is -2.46. The van der Waals surface area contributed by atoms with Gasteiger partial charge in [-0.25, -0.2) is 0 Å². The first-order valence-electron chi connectivity index (χ1n) is 7.54. The number of rotatable bonds is 4. The monoisotopic (exact) mass is 330 g/mol. The number of aliphatic hydroxyl groups is 1. The molecule has 1 aromatic rings. The van der Waals surface area contributed by atoms with Crippen molar-refractivity contribution in [3.05, 3.63) is 21.9 Å². The second kappa shape index (κ2) is 6.34. The number of fused-ring (bicyclic) bond motifs is 1. The first kappa shape index (κ1) is 15.4. The van der Waals surface area contributed by atoms with E-state index in [9.17, 15) is 8.42 Å². The molecule has 0 spiro atoms. The van der Waals surface area contributed by atoms with Crippen LogP contribution < -0.4 is 4.72 Å². The van der Waals surface area contributed by atoms with Gasteiger partial charge >= 0.3 is 0 Å². The fourth-order valence-corrected chi connectivity index (χ4v) is 5.63. The minimum absolute atomic E-state index is 0.0828. The van der Waals surface area contributed by atoms with Gasteiger partial charge in [-0.3, -0.25) is 0 Å². The average Bonchev–Trinajstić information content (AvgIpc) is 2.97. The molecule has 2 aliphatic rings. The van der Waals surface area contributed by atoms with Gasteiger partial charge in [-0.05, 0) is 55.0 Å². The van der Waals surface area contributed by atoms with Crippen LogP contribution in [0.1, 0.15) is 42.2 Å². The summed E-state index contributed by atoms with van der Waals surface area (Å²) in [5.74, 6) is 0.245. The number of hydrogen-bond acceptors (Lipinski definition) is 4. The second-order valence-corrected chi connectivity index (χ2v) is 8.59. The molecule has 3 rings (SSSR count). The molecule has 7 heteroatoms. The van der Waals surface area contributed by atoms with Crippen molar-refractivity contribution in [3.8, 4) is 0 Å². The summed E-state index contributed by atoms with van der Waals surface area (Å²) in [6.45, 7) is 1.16. The van der Waals surface area contributed by atoms with Crippen molar-refractivity contribution in [1.82, 2.24) is 9.03 Å². The topological polar surface area (TPSA) is 69.6 Å². The van der Waals surface area contributed by atoms with Gasteiger partial charge in [0.25, 0.3) is 10.2 Å². The molecule has 21 heavy (non-hydrogen) atoms. The van der Waals surface area contributed by atoms with Crippen LogP contribution in [0.2, 0.25) is 0 Å². The first-order chi connectivity index (χ1) is 10.1. The van der Waals surface area contributed by atoms with E-state index in [1.165, 1.54) is 9.18 Å². The van der Waals surface area contributed by atoms with Crippen molar-refractivity contribution in [1.29, 1.82) is 0 Å². The van der Waals surface area contributed by atoms with Gasteiger partial charge in [-0.2, -0.15) is 17.4 Å². The van der Waals surface area contributed by atoms with Crippen molar-refractivity contribution < 1.29 is 13.5 Å². The Morgan fingerprint density at radius 3 is 2.81 bits per heavy atom. The van der Waals surface area contributed by atoms with Gasteiger partial charge in [0.2, 0.25) is 0 Å². The number of nitrogens with zero attached hydrogens (tertiary/aromatic N) is 1. The van der Waals surface area contributed by atoms with Crippen molar-refractivity contribution >= 4 is 21.5 Å². The molecule has 1 aliphatic heterocycles. The Labute approximate surface area is 130 Å². The lowest BCUT2D eigenvalue weighted by atomic mass is 9.95. The fourth-order valence-electron chi connectivity index (χ4n) is 3.20. The van der Waals surface area contributed by atoms with Crippen LogP contribution >= 0.6 is 11.3 Å². The van der Waals surface area contributed by atoms with Gasteiger partial charge < -0.3 is 5.11 Å². The maximum atomic E-state index is 12.5. The van der Waals surface area contributed by atoms with Crippen LogP contribution in [0.15, 0.2) is 11.4 Å². The Hall–Kier alpha value is -0.470. The zero-order chi connectivity index (χ0) is 14.9. The number of piperidine rings is 1. The Balaban J connectivity index is 1.68. The molecule has 2 heterocycles. The van der Waals surface area contributed by atoms with Crippen LogP contribution in [0.5, 0.6) is 0 Å². The van der Waals surface area contributed by atoms with Crippen LogP contribution in [0.3, 0.4) is 0 Å². The summed E-state index contributed by atoms with van der Waals surface area (Å²) in [5.41, 5.74) is 1.15. The smallest absolute Gasteiger partial charge is 0.280 e. The fraction of sp³-hybridized carbons (Fsp3) is 0.714. The third-order valence-electron chi connectivity index (χ3n) is 4.51. The van der Waals surface area contributed by atoms with E-state index in [1.54, 1.807) is 11.3 Å². The van der Waals surface area contributed by atoms with Crippen LogP contribution in [0.25, 0.3) is 0 Å². The third kappa shape index (κ3) is 3.32. The Morgan fingerprint density at radius 2 is 2.10 bits per heavy atom. The molecule has 0 amide bonds. The van der Waals surface area contributed by atoms with E-state index in [2.05, 4.69) is 4.72 Å². The van der Waals surface area contributed by atoms with Gasteiger partial charge in [0.05, 0.1) is 0 Å². The molecule has 0 radical (unpaired) electrons. The molecular formula is C14H22N2O3S2. The molecule has 0 aromatic carbocycles. The predicted octanol–water partition coefficient (Wildman–Crippen LogP) is 1.66. The average molecular weight is 330 g/mol. The molecule has 1 saturated heterocycles. The van der Waals surface area contributed by atoms with Crippen LogP contribution in [0.4, 0.5) is 0 Å². The largest absolute Gasteiger partial charge is 0.396 e. The maximum Gasteiger partial charge on any atom is 0.280 e. The van der Waals surface area contributed by atoms with Crippen LogP contribution in [-0.4, -0.2) is 37.5 Å². The van der Waals surface area contributed by atoms with Gasteiger partial charge in [0.1, 0.15) is 0 Å². The highest BCUT2D eigenvalue weighted by atomic mass is 32.2. The molecule has 1 fully saturated rings. The summed E-state index contributed by atoms with van der Waals surface area (Å²) in [6.07, 6.45) is 4.45. The Bertz CT molecular complexity index is 577. The summed E-state index contributed by atoms with van der Waals surface area (Å²) < 4.78 is 29.5. The predicted molar refractivity (Wildman–Crippen MR) is 83.4 cm³/mol. The quantitative estimate of drug-likeness (QED) is 0.882. The normalized spacial score (nSPS) is 24.9. The van der Waals surface area contributed by atoms with Crippen LogP contribution in [0, 0.1) is 5.92 Å². The Kier molecular flexibility index (Phi) is 4.66. The molecule has 0 bridgehead atoms. The third-order valence-corrected chi connectivity index (χ3v) is 7.14. The van der Waals surface area contributed by atoms with Crippen molar-refractivity contribution in [2.45, 2.75) is 38.1 Å². The molecule has 5 nitrogen and oxygen atoms in total. The number of thiophene rings is 1. The molecular weight excluding hydrogens is 308 g/mol. The highest BCUT2D eigenvalue weighted by Gasteiger charge is 2.31. The number of hydrogen-bond donors (Lipinski definition) is 2. The highest BCUT2D eigenvalue weighted by molar-refractivity contribution is 7.87. The van der Waals surface area contributed by atoms with E-state index in [-0.39, 0.29) is 18.6 Å². The maximum absolute atomic E-state index is 12.5. The van der Waals surface area contributed by atoms with E-state index in [0.29, 0.717) is 13.1 Å². The summed E-state index contributed by atoms with van der Waals surface area (Å²) in [5, 5.41) is 11.2. The summed E-state index contributed by atoms with van der Waals surface area (Å²) in [4.78, 5) is 1.31. The van der Waals surface area contributed by atoms with Gasteiger partial charge in [-0.1, -0.05) is 0 Å². The number of nitrogens with one attached hydrogen (secondary N) is 1. The standard InChI is InChI=1S/C14H22N2O3S2/c17-10-11-4-7-16(8-5-11)21(18,19)15-13-2-1-3-14-12(13)6-9-20-14/h6,9,11,13,15,17H,1-5,7-8,10H2. The molecule has 118 valence electrons. The minimum atomic E-state index is -3.43. The highest BCUT2D eigenvalue weighted by Crippen LogP contribution is 2.34. The number of aliphatic hydroxyl groups excluding tert-OH is 1. The van der Waals surface area contributed by atoms with Gasteiger partial charge in [-0.15, -0.1) is 11.3 Å². The van der Waals surface area contributed by atoms with E-state index < -0.39 is 10.2 Å². The molecule has 1 unspecified atom stereocenters. The van der Waals surface area contributed by atoms with Crippen molar-refractivity contribution in [2.24, 2.45) is 5.92 Å². The SMILES string of the molecule is O=S(=O)(NC1CCCc2sccc21)N1CCC(CO)CC1. The van der Waals surface area contributed by atoms with Crippen molar-refractivity contribution in [3.63, 3.8) is 0 Å². The van der Waals surface area contributed by atoms with Crippen molar-refractivity contribution in [2.75, 3.05) is 19.7 Å². The van der Waals surface area contributed by atoms with Crippen LogP contribution in [-0.2, 0) is 16.6 Å². The zero-order valence-corrected chi connectivity index (χ0v) is 13.6. The summed E-state index contributed by atoms with van der Waals surface area (Å²) in [6, 6.07) is 1.96. The zero-order valence-electron chi connectivity index (χ0n) is 12.0. The molecule has 0 saturated carbocycles. The van der Waals surface area contributed by atoms with E-state index >= 15 is 0 Å². The minimum Gasteiger partial charge on any atom is -0.396 e. The lowest BCUT2D eigenvalue weighted by Gasteiger charge is -2.32. The lowest BCUT2D eigenvalue weighted by molar-refractivity contribution is 0.169. The first-order valence-corrected chi connectivity index (χ1v) is 9.86. The summed E-state index contributed by atoms with van der Waals surface area (Å²) >= 11 is 1.72. The van der Waals surface area contributed by atoms with Gasteiger partial charge in [0, 0.05) is 30.6 Å². The molecule has 1 atom stereocenters. The van der Waals surface area contributed by atoms with E-state index in [4.69, 9.17) is 5.11 Å². The number of aryl methyl sites for hydroxylation is 1. The molecule has 1 aliphatic carbocycles. The van der Waals surface area contributed by atoms with Gasteiger partial charge in [0.15, 0.2) is 0 Å². The summed E-state index contributed by atoms with van der Waals surface area (Å²) in [7, 11) is -3.43.